The molecule has 0 bridgehead atoms. The molecule has 1 amide bonds. The number of carbonyl (C=O) groups is 1. The first-order valence-electron chi connectivity index (χ1n) is 10.2. The highest BCUT2D eigenvalue weighted by Gasteiger charge is 2.15. The molecule has 7 nitrogen and oxygen atoms in total. The molecule has 0 spiro atoms. The number of pyridine rings is 1. The maximum atomic E-state index is 11.9. The molecule has 4 N–H and O–H groups in total. The molecule has 32 heavy (non-hydrogen) atoms. The fourth-order valence-electron chi connectivity index (χ4n) is 3.24. The second-order valence-corrected chi connectivity index (χ2v) is 8.51. The minimum Gasteiger partial charge on any atom is -0.410 e. The monoisotopic (exact) mass is 427 g/mol. The first-order chi connectivity index (χ1) is 15.3. The van der Waals surface area contributed by atoms with E-state index >= 15 is 0 Å². The fourth-order valence-corrected chi connectivity index (χ4v) is 3.24. The number of amides is 1. The van der Waals surface area contributed by atoms with Crippen LogP contribution in [0.25, 0.3) is 34.2 Å². The second kappa shape index (κ2) is 8.55. The molecule has 0 aliphatic carbocycles. The summed E-state index contributed by atoms with van der Waals surface area (Å²) in [6.45, 7) is 5.70. The van der Waals surface area contributed by atoms with Crippen LogP contribution in [0.5, 0.6) is 5.75 Å². The average Bonchev–Trinajstić information content (AvgIpc) is 3.14. The van der Waals surface area contributed by atoms with Gasteiger partial charge in [0.05, 0.1) is 11.2 Å². The van der Waals surface area contributed by atoms with Crippen molar-refractivity contribution in [3.05, 3.63) is 72.1 Å². The molecule has 0 fully saturated rings. The zero-order valence-corrected chi connectivity index (χ0v) is 18.2. The topological polar surface area (TPSA) is 106 Å². The lowest BCUT2D eigenvalue weighted by Gasteiger charge is -2.19. The molecular weight excluding hydrogens is 402 g/mol. The van der Waals surface area contributed by atoms with Crippen LogP contribution >= 0.6 is 0 Å². The molecule has 4 aromatic rings. The van der Waals surface area contributed by atoms with Crippen LogP contribution in [-0.2, 0) is 0 Å². The number of aromatic amines is 1. The van der Waals surface area contributed by atoms with Gasteiger partial charge < -0.3 is 15.8 Å². The molecule has 0 saturated carbocycles. The van der Waals surface area contributed by atoms with Crippen molar-refractivity contribution >= 4 is 35.0 Å². The standard InChI is InChI=1S/C25H25N5O2/c1-25(2,3)28-24(31)32-19-8-4-16(5-9-19)6-11-21-20-10-7-17(14-22(20)30-29-21)18-12-13-27-23(26)15-18/h4-15H,1-3H3,(H2,26,27)(H,28,31)(H,29,30)/b11-6+. The third-order valence-corrected chi connectivity index (χ3v) is 4.71. The van der Waals surface area contributed by atoms with E-state index in [1.807, 2.05) is 75.4 Å². The predicted molar refractivity (Wildman–Crippen MR) is 128 cm³/mol. The van der Waals surface area contributed by atoms with E-state index in [-0.39, 0.29) is 5.54 Å². The Balaban J connectivity index is 1.47. The fraction of sp³-hybridized carbons (Fsp3) is 0.160. The van der Waals surface area contributed by atoms with Gasteiger partial charge >= 0.3 is 6.09 Å². The molecule has 2 aromatic heterocycles. The molecule has 2 heterocycles. The number of nitrogens with two attached hydrogens (primary N) is 1. The van der Waals surface area contributed by atoms with Crippen molar-refractivity contribution < 1.29 is 9.53 Å². The van der Waals surface area contributed by atoms with E-state index in [9.17, 15) is 4.79 Å². The molecule has 0 unspecified atom stereocenters. The molecular formula is C25H25N5O2. The van der Waals surface area contributed by atoms with Crippen LogP contribution in [0.3, 0.4) is 0 Å². The van der Waals surface area contributed by atoms with E-state index in [1.54, 1.807) is 18.3 Å². The van der Waals surface area contributed by atoms with Crippen molar-refractivity contribution in [1.82, 2.24) is 20.5 Å². The van der Waals surface area contributed by atoms with Crippen LogP contribution in [0, 0.1) is 0 Å². The largest absolute Gasteiger partial charge is 0.413 e. The molecule has 7 heteroatoms. The smallest absolute Gasteiger partial charge is 0.410 e. The van der Waals surface area contributed by atoms with E-state index in [0.29, 0.717) is 11.6 Å². The summed E-state index contributed by atoms with van der Waals surface area (Å²) in [5.41, 5.74) is 10.2. The van der Waals surface area contributed by atoms with Crippen molar-refractivity contribution in [1.29, 1.82) is 0 Å². The Kier molecular flexibility index (Phi) is 5.64. The number of hydrogen-bond acceptors (Lipinski definition) is 5. The van der Waals surface area contributed by atoms with E-state index in [4.69, 9.17) is 10.5 Å². The number of nitrogens with zero attached hydrogens (tertiary/aromatic N) is 2. The van der Waals surface area contributed by atoms with E-state index in [0.717, 1.165) is 33.3 Å². The number of benzene rings is 2. The maximum Gasteiger partial charge on any atom is 0.413 e. The van der Waals surface area contributed by atoms with Gasteiger partial charge in [-0.3, -0.25) is 5.10 Å². The van der Waals surface area contributed by atoms with Gasteiger partial charge in [-0.15, -0.1) is 0 Å². The highest BCUT2D eigenvalue weighted by atomic mass is 16.6. The minimum absolute atomic E-state index is 0.349. The van der Waals surface area contributed by atoms with Crippen LogP contribution < -0.4 is 15.8 Å². The summed E-state index contributed by atoms with van der Waals surface area (Å²) in [7, 11) is 0. The summed E-state index contributed by atoms with van der Waals surface area (Å²) in [4.78, 5) is 15.9. The van der Waals surface area contributed by atoms with Crippen molar-refractivity contribution in [3.63, 3.8) is 0 Å². The Hall–Kier alpha value is -4.13. The number of H-pyrrole nitrogens is 1. The van der Waals surface area contributed by atoms with Crippen LogP contribution in [0.1, 0.15) is 32.0 Å². The highest BCUT2D eigenvalue weighted by Crippen LogP contribution is 2.26. The van der Waals surface area contributed by atoms with Gasteiger partial charge in [-0.1, -0.05) is 24.3 Å². The average molecular weight is 428 g/mol. The van der Waals surface area contributed by atoms with E-state index < -0.39 is 6.09 Å². The van der Waals surface area contributed by atoms with Gasteiger partial charge in [-0.05, 0) is 79.9 Å². The number of hydrogen-bond donors (Lipinski definition) is 3. The molecule has 0 radical (unpaired) electrons. The molecule has 0 atom stereocenters. The van der Waals surface area contributed by atoms with Crippen molar-refractivity contribution in [2.45, 2.75) is 26.3 Å². The highest BCUT2D eigenvalue weighted by molar-refractivity contribution is 5.92. The summed E-state index contributed by atoms with van der Waals surface area (Å²) >= 11 is 0. The lowest BCUT2D eigenvalue weighted by Crippen LogP contribution is -2.42. The van der Waals surface area contributed by atoms with Gasteiger partial charge in [0.1, 0.15) is 11.6 Å². The first-order valence-corrected chi connectivity index (χ1v) is 10.2. The number of nitrogens with one attached hydrogen (secondary N) is 2. The molecule has 0 saturated heterocycles. The number of nitrogen functional groups attached to an aromatic ring is 1. The van der Waals surface area contributed by atoms with Gasteiger partial charge in [0.25, 0.3) is 0 Å². The summed E-state index contributed by atoms with van der Waals surface area (Å²) in [6, 6.07) is 17.2. The summed E-state index contributed by atoms with van der Waals surface area (Å²) < 4.78 is 5.31. The van der Waals surface area contributed by atoms with E-state index in [1.165, 1.54) is 0 Å². The number of anilines is 1. The maximum absolute atomic E-state index is 11.9. The Morgan fingerprint density at radius 2 is 1.78 bits per heavy atom. The third kappa shape index (κ3) is 5.13. The third-order valence-electron chi connectivity index (χ3n) is 4.71. The van der Waals surface area contributed by atoms with Crippen molar-refractivity contribution in [2.24, 2.45) is 0 Å². The van der Waals surface area contributed by atoms with Crippen molar-refractivity contribution in [3.8, 4) is 16.9 Å². The van der Waals surface area contributed by atoms with Gasteiger partial charge in [0.2, 0.25) is 0 Å². The summed E-state index contributed by atoms with van der Waals surface area (Å²) in [5.74, 6) is 0.973. The van der Waals surface area contributed by atoms with Crippen LogP contribution in [-0.4, -0.2) is 26.8 Å². The quantitative estimate of drug-likeness (QED) is 0.412. The summed E-state index contributed by atoms with van der Waals surface area (Å²) in [6.07, 6.45) is 5.14. The van der Waals surface area contributed by atoms with Crippen LogP contribution in [0.15, 0.2) is 60.8 Å². The number of rotatable bonds is 4. The van der Waals surface area contributed by atoms with Crippen molar-refractivity contribution in [2.75, 3.05) is 5.73 Å². The Morgan fingerprint density at radius 1 is 1.03 bits per heavy atom. The Labute approximate surface area is 186 Å². The zero-order valence-electron chi connectivity index (χ0n) is 18.2. The molecule has 0 aliphatic rings. The number of carbonyl (C=O) groups excluding carboxylic acids is 1. The lowest BCUT2D eigenvalue weighted by molar-refractivity contribution is 0.190. The lowest BCUT2D eigenvalue weighted by atomic mass is 10.0. The summed E-state index contributed by atoms with van der Waals surface area (Å²) in [5, 5.41) is 11.3. The Bertz CT molecular complexity index is 1280. The number of fused-ring (bicyclic) bond motifs is 1. The van der Waals surface area contributed by atoms with Gasteiger partial charge in [-0.2, -0.15) is 5.10 Å². The second-order valence-electron chi connectivity index (χ2n) is 8.51. The molecule has 0 aliphatic heterocycles. The number of aromatic nitrogens is 3. The zero-order chi connectivity index (χ0) is 22.7. The van der Waals surface area contributed by atoms with E-state index in [2.05, 4.69) is 20.5 Å². The Morgan fingerprint density at radius 3 is 2.50 bits per heavy atom. The molecule has 4 rings (SSSR count). The first kappa shape index (κ1) is 21.1. The molecule has 2 aromatic carbocycles. The molecule has 162 valence electrons. The van der Waals surface area contributed by atoms with Crippen LogP contribution in [0.4, 0.5) is 10.6 Å². The van der Waals surface area contributed by atoms with Gasteiger partial charge in [0, 0.05) is 17.1 Å². The van der Waals surface area contributed by atoms with Gasteiger partial charge in [-0.25, -0.2) is 9.78 Å². The predicted octanol–water partition coefficient (Wildman–Crippen LogP) is 5.26. The SMILES string of the molecule is CC(C)(C)NC(=O)Oc1ccc(/C=C/c2n[nH]c3cc(-c4ccnc(N)c4)ccc23)cc1. The van der Waals surface area contributed by atoms with Crippen LogP contribution in [0.2, 0.25) is 0 Å². The van der Waals surface area contributed by atoms with Gasteiger partial charge in [0.15, 0.2) is 0 Å². The normalized spacial score (nSPS) is 11.7. The minimum atomic E-state index is -0.474. The number of ether oxygens (including phenoxy) is 1.